The van der Waals surface area contributed by atoms with Crippen molar-refractivity contribution in [3.05, 3.63) is 58.7 Å². The molecule has 2 aromatic rings. The highest BCUT2D eigenvalue weighted by Gasteiger charge is 2.47. The number of amides is 1. The van der Waals surface area contributed by atoms with Gasteiger partial charge in [0.15, 0.2) is 0 Å². The first-order chi connectivity index (χ1) is 18.3. The summed E-state index contributed by atoms with van der Waals surface area (Å²) in [6.45, 7) is 3.11. The molecule has 2 aromatic carbocycles. The van der Waals surface area contributed by atoms with Gasteiger partial charge in [0.05, 0.1) is 6.61 Å². The molecule has 1 saturated carbocycles. The van der Waals surface area contributed by atoms with Gasteiger partial charge in [-0.1, -0.05) is 48.1 Å². The Morgan fingerprint density at radius 2 is 1.68 bits per heavy atom. The lowest BCUT2D eigenvalue weighted by molar-refractivity contribution is -0.214. The van der Waals surface area contributed by atoms with Crippen molar-refractivity contribution in [3.63, 3.8) is 0 Å². The molecule has 1 amide bonds. The third kappa shape index (κ3) is 4.07. The molecule has 2 heterocycles. The first-order valence-corrected chi connectivity index (χ1v) is 13.7. The molecule has 2 aliphatic heterocycles. The third-order valence-corrected chi connectivity index (χ3v) is 9.15. The zero-order chi connectivity index (χ0) is 26.6. The van der Waals surface area contributed by atoms with E-state index in [4.69, 9.17) is 4.74 Å². The summed E-state index contributed by atoms with van der Waals surface area (Å²) in [6, 6.07) is 12.8. The molecule has 38 heavy (non-hydrogen) atoms. The van der Waals surface area contributed by atoms with Crippen LogP contribution in [0.15, 0.2) is 36.4 Å². The Morgan fingerprint density at radius 3 is 2.34 bits per heavy atom. The van der Waals surface area contributed by atoms with Crippen LogP contribution in [0.1, 0.15) is 54.4 Å². The fraction of sp³-hybridized carbons (Fsp3) is 0.516. The van der Waals surface area contributed by atoms with Crippen LogP contribution >= 0.6 is 0 Å². The van der Waals surface area contributed by atoms with E-state index in [1.165, 1.54) is 27.8 Å². The molecule has 2 aliphatic carbocycles. The van der Waals surface area contributed by atoms with E-state index in [0.29, 0.717) is 5.91 Å². The van der Waals surface area contributed by atoms with E-state index in [1.807, 2.05) is 6.07 Å². The number of hydrogen-bond acceptors (Lipinski definition) is 6. The number of fused-ring (bicyclic) bond motifs is 5. The second kappa shape index (κ2) is 9.78. The predicted octanol–water partition coefficient (Wildman–Crippen LogP) is 1.88. The van der Waals surface area contributed by atoms with Gasteiger partial charge in [0.1, 0.15) is 30.5 Å². The van der Waals surface area contributed by atoms with Gasteiger partial charge < -0.3 is 30.1 Å². The molecule has 1 spiro atoms. The molecule has 7 nitrogen and oxygen atoms in total. The molecule has 5 atom stereocenters. The Balaban J connectivity index is 1.31. The zero-order valence-electron chi connectivity index (χ0n) is 21.6. The van der Waals surface area contributed by atoms with Gasteiger partial charge in [0.25, 0.3) is 0 Å². The van der Waals surface area contributed by atoms with Gasteiger partial charge in [-0.05, 0) is 67.0 Å². The molecule has 0 aromatic heterocycles. The minimum atomic E-state index is -1.45. The molecule has 7 heteroatoms. The third-order valence-electron chi connectivity index (χ3n) is 9.15. The smallest absolute Gasteiger partial charge is 0.225 e. The number of likely N-dealkylation sites (tertiary alicyclic amines) is 1. The number of carbonyl (C=O) groups is 1. The van der Waals surface area contributed by atoms with Crippen LogP contribution in [0.4, 0.5) is 0 Å². The van der Waals surface area contributed by atoms with Crippen LogP contribution in [0.5, 0.6) is 0 Å². The lowest BCUT2D eigenvalue weighted by Crippen LogP contribution is -2.58. The van der Waals surface area contributed by atoms with Crippen LogP contribution < -0.4 is 0 Å². The number of ether oxygens (including phenoxy) is 1. The molecule has 3 fully saturated rings. The van der Waals surface area contributed by atoms with Gasteiger partial charge in [-0.2, -0.15) is 0 Å². The van der Waals surface area contributed by atoms with E-state index >= 15 is 0 Å². The van der Waals surface area contributed by atoms with Crippen LogP contribution in [0.3, 0.4) is 0 Å². The number of hydrogen-bond donors (Lipinski definition) is 4. The van der Waals surface area contributed by atoms with Crippen LogP contribution in [0, 0.1) is 24.7 Å². The molecule has 200 valence electrons. The number of piperidine rings is 1. The Hall–Kier alpha value is -2.73. The van der Waals surface area contributed by atoms with Gasteiger partial charge in [-0.3, -0.25) is 4.79 Å². The van der Waals surface area contributed by atoms with E-state index in [1.54, 1.807) is 0 Å². The highest BCUT2D eigenvalue weighted by atomic mass is 16.5. The first-order valence-electron chi connectivity index (χ1n) is 13.7. The standard InChI is InChI=1S/C31H35NO6/c1-18-5-8-21-22-9-6-19(7-10-25-27(34)29(36)28(35)26(17-33)38-25)16-24(22)31(23(21)15-18)11-13-32(14-12-31)30(37)20-3-2-4-20/h5-6,8-9,15-16,20,25-29,33-36H,2-4,11-14,17H2,1H3/t25-,26-,27-,28-,29-/m1/s1. The Bertz CT molecular complexity index is 1300. The molecule has 0 unspecified atom stereocenters. The molecule has 4 aliphatic rings. The molecular weight excluding hydrogens is 482 g/mol. The van der Waals surface area contributed by atoms with Crippen molar-refractivity contribution in [1.29, 1.82) is 0 Å². The number of benzene rings is 2. The number of rotatable bonds is 2. The fourth-order valence-corrected chi connectivity index (χ4v) is 6.62. The zero-order valence-corrected chi connectivity index (χ0v) is 21.6. The van der Waals surface area contributed by atoms with Crippen molar-refractivity contribution in [1.82, 2.24) is 4.90 Å². The fourth-order valence-electron chi connectivity index (χ4n) is 6.62. The van der Waals surface area contributed by atoms with Gasteiger partial charge in [0, 0.05) is 30.0 Å². The number of carbonyl (C=O) groups excluding carboxylic acids is 1. The quantitative estimate of drug-likeness (QED) is 0.453. The minimum absolute atomic E-state index is 0.187. The highest BCUT2D eigenvalue weighted by Crippen LogP contribution is 2.54. The summed E-state index contributed by atoms with van der Waals surface area (Å²) >= 11 is 0. The second-order valence-electron chi connectivity index (χ2n) is 11.4. The topological polar surface area (TPSA) is 110 Å². The van der Waals surface area contributed by atoms with Crippen LogP contribution in [0.2, 0.25) is 0 Å². The van der Waals surface area contributed by atoms with Crippen molar-refractivity contribution in [2.75, 3.05) is 19.7 Å². The number of aliphatic hydroxyl groups is 4. The lowest BCUT2D eigenvalue weighted by Gasteiger charge is -2.43. The van der Waals surface area contributed by atoms with Crippen molar-refractivity contribution in [2.45, 2.75) is 75.0 Å². The summed E-state index contributed by atoms with van der Waals surface area (Å²) in [5, 5.41) is 40.0. The molecule has 6 rings (SSSR count). The normalized spacial score (nSPS) is 29.7. The first kappa shape index (κ1) is 25.5. The number of nitrogens with zero attached hydrogens (tertiary/aromatic N) is 1. The summed E-state index contributed by atoms with van der Waals surface area (Å²) in [5.41, 5.74) is 6.75. The predicted molar refractivity (Wildman–Crippen MR) is 141 cm³/mol. The SMILES string of the molecule is Cc1ccc2c(c1)C1(CCN(C(=O)C3CCC3)CC1)c1cc(C#C[C@H]3O[C@H](CO)[C@@H](O)[C@H](O)[C@@H]3O)ccc1-2. The maximum absolute atomic E-state index is 13.0. The second-order valence-corrected chi connectivity index (χ2v) is 11.4. The minimum Gasteiger partial charge on any atom is -0.394 e. The van der Waals surface area contributed by atoms with Crippen LogP contribution in [-0.2, 0) is 14.9 Å². The van der Waals surface area contributed by atoms with Crippen molar-refractivity contribution in [2.24, 2.45) is 5.92 Å². The average molecular weight is 518 g/mol. The van der Waals surface area contributed by atoms with Gasteiger partial charge in [-0.15, -0.1) is 0 Å². The number of aryl methyl sites for hydroxylation is 1. The van der Waals surface area contributed by atoms with E-state index < -0.39 is 37.1 Å². The van der Waals surface area contributed by atoms with Crippen molar-refractivity contribution in [3.8, 4) is 23.0 Å². The summed E-state index contributed by atoms with van der Waals surface area (Å²) in [7, 11) is 0. The Morgan fingerprint density at radius 1 is 1.00 bits per heavy atom. The Labute approximate surface area is 223 Å². The van der Waals surface area contributed by atoms with Gasteiger partial charge >= 0.3 is 0 Å². The molecular formula is C31H35NO6. The average Bonchev–Trinajstić information content (AvgIpc) is 3.14. The monoisotopic (exact) mass is 517 g/mol. The summed E-state index contributed by atoms with van der Waals surface area (Å²) in [6.07, 6.45) is -1.35. The molecule has 4 N–H and O–H groups in total. The van der Waals surface area contributed by atoms with E-state index in [9.17, 15) is 25.2 Å². The maximum Gasteiger partial charge on any atom is 0.225 e. The molecule has 0 bridgehead atoms. The van der Waals surface area contributed by atoms with Gasteiger partial charge in [0.2, 0.25) is 5.91 Å². The highest BCUT2D eigenvalue weighted by molar-refractivity contribution is 5.83. The van der Waals surface area contributed by atoms with E-state index in [-0.39, 0.29) is 11.3 Å². The number of aliphatic hydroxyl groups excluding tert-OH is 4. The largest absolute Gasteiger partial charge is 0.394 e. The maximum atomic E-state index is 13.0. The van der Waals surface area contributed by atoms with E-state index in [0.717, 1.165) is 50.8 Å². The molecule has 2 saturated heterocycles. The van der Waals surface area contributed by atoms with Crippen LogP contribution in [0.25, 0.3) is 11.1 Å². The summed E-state index contributed by atoms with van der Waals surface area (Å²) < 4.78 is 5.56. The Kier molecular flexibility index (Phi) is 6.58. The van der Waals surface area contributed by atoms with Crippen molar-refractivity contribution < 1.29 is 30.0 Å². The van der Waals surface area contributed by atoms with Crippen molar-refractivity contribution >= 4 is 5.91 Å². The van der Waals surface area contributed by atoms with Crippen LogP contribution in [-0.4, -0.2) is 81.4 Å². The lowest BCUT2D eigenvalue weighted by atomic mass is 9.70. The summed E-state index contributed by atoms with van der Waals surface area (Å²) in [4.78, 5) is 15.0. The summed E-state index contributed by atoms with van der Waals surface area (Å²) in [5.74, 6) is 6.52. The van der Waals surface area contributed by atoms with Gasteiger partial charge in [-0.25, -0.2) is 0 Å². The molecule has 0 radical (unpaired) electrons. The van der Waals surface area contributed by atoms with E-state index in [2.05, 4.69) is 54.0 Å².